The Morgan fingerprint density at radius 3 is 2.57 bits per heavy atom. The molecule has 0 aromatic carbocycles. The summed E-state index contributed by atoms with van der Waals surface area (Å²) in [4.78, 5) is 8.91. The second-order valence-electron chi connectivity index (χ2n) is 6.89. The van der Waals surface area contributed by atoms with E-state index in [1.807, 2.05) is 33.0 Å². The minimum atomic E-state index is 0.437. The van der Waals surface area contributed by atoms with Crippen LogP contribution >= 0.6 is 0 Å². The molecule has 0 aliphatic rings. The molecule has 0 fully saturated rings. The standard InChI is InChI=1S/C21H30N2/c1-7-19(23-17(3)4)13-11-18-12-14-20(22-16-18)10-9-15-21(5,6)8-2/h7,12,14,16H,8-10,15H2,1-6H3/b19-7-. The van der Waals surface area contributed by atoms with E-state index in [1.54, 1.807) is 0 Å². The van der Waals surface area contributed by atoms with E-state index in [0.717, 1.165) is 29.1 Å². The molecule has 0 aliphatic heterocycles. The number of allylic oxidation sites excluding steroid dienone is 2. The van der Waals surface area contributed by atoms with Gasteiger partial charge in [-0.15, -0.1) is 0 Å². The number of aliphatic imine (C=N–C) groups is 1. The Hall–Kier alpha value is -1.88. The molecule has 0 bridgehead atoms. The zero-order valence-electron chi connectivity index (χ0n) is 15.5. The molecule has 2 heteroatoms. The van der Waals surface area contributed by atoms with E-state index in [0.29, 0.717) is 5.41 Å². The largest absolute Gasteiger partial charge is 0.260 e. The number of aromatic nitrogens is 1. The van der Waals surface area contributed by atoms with Gasteiger partial charge in [-0.3, -0.25) is 4.98 Å². The number of hydrogen-bond donors (Lipinski definition) is 0. The van der Waals surface area contributed by atoms with Crippen LogP contribution in [0.5, 0.6) is 0 Å². The van der Waals surface area contributed by atoms with Gasteiger partial charge in [-0.05, 0) is 63.5 Å². The summed E-state index contributed by atoms with van der Waals surface area (Å²) in [5, 5.41) is 0. The Bertz CT molecular complexity index is 603. The third-order valence-electron chi connectivity index (χ3n) is 4.02. The third kappa shape index (κ3) is 7.79. The van der Waals surface area contributed by atoms with Crippen molar-refractivity contribution in [2.24, 2.45) is 10.4 Å². The SMILES string of the molecule is C/C=C(/C#Cc1ccc(CCCC(C)(C)CC)nc1)N=C(C)C. The molecule has 2 nitrogen and oxygen atoms in total. The van der Waals surface area contributed by atoms with Crippen molar-refractivity contribution in [1.29, 1.82) is 0 Å². The van der Waals surface area contributed by atoms with E-state index in [9.17, 15) is 0 Å². The van der Waals surface area contributed by atoms with Crippen molar-refractivity contribution in [2.75, 3.05) is 0 Å². The van der Waals surface area contributed by atoms with Gasteiger partial charge >= 0.3 is 0 Å². The van der Waals surface area contributed by atoms with Crippen LogP contribution in [-0.2, 0) is 6.42 Å². The fourth-order valence-corrected chi connectivity index (χ4v) is 2.11. The number of hydrogen-bond acceptors (Lipinski definition) is 2. The third-order valence-corrected chi connectivity index (χ3v) is 4.02. The van der Waals surface area contributed by atoms with Crippen LogP contribution in [0.15, 0.2) is 35.1 Å². The highest BCUT2D eigenvalue weighted by atomic mass is 14.7. The lowest BCUT2D eigenvalue weighted by atomic mass is 9.84. The highest BCUT2D eigenvalue weighted by Gasteiger charge is 2.14. The Kier molecular flexibility index (Phi) is 7.75. The average molecular weight is 310 g/mol. The zero-order chi connectivity index (χ0) is 17.3. The molecule has 1 heterocycles. The molecule has 0 unspecified atom stereocenters. The lowest BCUT2D eigenvalue weighted by molar-refractivity contribution is 0.312. The normalized spacial score (nSPS) is 11.7. The molecule has 0 saturated heterocycles. The van der Waals surface area contributed by atoms with Crippen LogP contribution in [0.4, 0.5) is 0 Å². The van der Waals surface area contributed by atoms with E-state index in [2.05, 4.69) is 54.7 Å². The predicted molar refractivity (Wildman–Crippen MR) is 101 cm³/mol. The number of nitrogens with zero attached hydrogens (tertiary/aromatic N) is 2. The number of rotatable bonds is 6. The van der Waals surface area contributed by atoms with Crippen LogP contribution in [0, 0.1) is 17.3 Å². The fourth-order valence-electron chi connectivity index (χ4n) is 2.11. The summed E-state index contributed by atoms with van der Waals surface area (Å²) in [6.45, 7) is 12.8. The van der Waals surface area contributed by atoms with E-state index in [1.165, 1.54) is 19.3 Å². The van der Waals surface area contributed by atoms with Crippen molar-refractivity contribution >= 4 is 5.71 Å². The van der Waals surface area contributed by atoms with E-state index >= 15 is 0 Å². The number of aryl methyl sites for hydroxylation is 1. The van der Waals surface area contributed by atoms with Gasteiger partial charge in [-0.2, -0.15) is 0 Å². The maximum absolute atomic E-state index is 4.53. The highest BCUT2D eigenvalue weighted by Crippen LogP contribution is 2.26. The molecule has 0 spiro atoms. The molecule has 1 aromatic rings. The smallest absolute Gasteiger partial charge is 0.109 e. The maximum Gasteiger partial charge on any atom is 0.109 e. The summed E-state index contributed by atoms with van der Waals surface area (Å²) < 4.78 is 0. The minimum Gasteiger partial charge on any atom is -0.260 e. The monoisotopic (exact) mass is 310 g/mol. The Morgan fingerprint density at radius 1 is 1.30 bits per heavy atom. The molecule has 23 heavy (non-hydrogen) atoms. The van der Waals surface area contributed by atoms with E-state index in [-0.39, 0.29) is 0 Å². The quantitative estimate of drug-likeness (QED) is 0.497. The van der Waals surface area contributed by atoms with Crippen LogP contribution < -0.4 is 0 Å². The highest BCUT2D eigenvalue weighted by molar-refractivity contribution is 5.80. The van der Waals surface area contributed by atoms with E-state index < -0.39 is 0 Å². The van der Waals surface area contributed by atoms with Crippen LogP contribution in [0.3, 0.4) is 0 Å². The van der Waals surface area contributed by atoms with Gasteiger partial charge in [-0.25, -0.2) is 4.99 Å². The van der Waals surface area contributed by atoms with Crippen LogP contribution in [0.2, 0.25) is 0 Å². The lowest BCUT2D eigenvalue weighted by Crippen LogP contribution is -2.09. The van der Waals surface area contributed by atoms with Gasteiger partial charge in [0.1, 0.15) is 5.70 Å². The molecule has 1 rings (SSSR count). The molecule has 124 valence electrons. The second-order valence-corrected chi connectivity index (χ2v) is 6.89. The first-order valence-corrected chi connectivity index (χ1v) is 8.51. The summed E-state index contributed by atoms with van der Waals surface area (Å²) in [5.41, 5.74) is 4.33. The summed E-state index contributed by atoms with van der Waals surface area (Å²) in [7, 11) is 0. The molecule has 0 amide bonds. The van der Waals surface area contributed by atoms with Crippen molar-refractivity contribution < 1.29 is 0 Å². The molecular formula is C21H30N2. The van der Waals surface area contributed by atoms with Gasteiger partial charge in [0.2, 0.25) is 0 Å². The topological polar surface area (TPSA) is 25.2 Å². The average Bonchev–Trinajstić information content (AvgIpc) is 2.52. The van der Waals surface area contributed by atoms with Gasteiger partial charge in [0, 0.05) is 23.2 Å². The van der Waals surface area contributed by atoms with Crippen LogP contribution in [-0.4, -0.2) is 10.7 Å². The summed E-state index contributed by atoms with van der Waals surface area (Å²) in [6.07, 6.45) is 8.48. The molecule has 1 aromatic heterocycles. The van der Waals surface area contributed by atoms with Gasteiger partial charge in [0.15, 0.2) is 0 Å². The Balaban J connectivity index is 2.63. The minimum absolute atomic E-state index is 0.437. The van der Waals surface area contributed by atoms with Crippen molar-refractivity contribution in [1.82, 2.24) is 4.98 Å². The Labute approximate surface area is 142 Å². The van der Waals surface area contributed by atoms with Crippen molar-refractivity contribution in [2.45, 2.75) is 67.2 Å². The first-order chi connectivity index (χ1) is 10.9. The van der Waals surface area contributed by atoms with Gasteiger partial charge in [-0.1, -0.05) is 39.2 Å². The maximum atomic E-state index is 4.53. The van der Waals surface area contributed by atoms with Crippen molar-refractivity contribution in [3.63, 3.8) is 0 Å². The van der Waals surface area contributed by atoms with Crippen molar-refractivity contribution in [3.05, 3.63) is 41.4 Å². The summed E-state index contributed by atoms with van der Waals surface area (Å²) in [6, 6.07) is 4.14. The molecule has 0 saturated carbocycles. The van der Waals surface area contributed by atoms with Gasteiger partial charge in [0.05, 0.1) is 0 Å². The lowest BCUT2D eigenvalue weighted by Gasteiger charge is -2.21. The summed E-state index contributed by atoms with van der Waals surface area (Å²) >= 11 is 0. The molecule has 0 N–H and O–H groups in total. The number of pyridine rings is 1. The first kappa shape index (κ1) is 19.2. The molecule has 0 atom stereocenters. The van der Waals surface area contributed by atoms with E-state index in [4.69, 9.17) is 0 Å². The molecule has 0 aliphatic carbocycles. The van der Waals surface area contributed by atoms with Gasteiger partial charge < -0.3 is 0 Å². The Morgan fingerprint density at radius 2 is 2.04 bits per heavy atom. The first-order valence-electron chi connectivity index (χ1n) is 8.51. The molecule has 0 radical (unpaired) electrons. The van der Waals surface area contributed by atoms with Crippen molar-refractivity contribution in [3.8, 4) is 11.8 Å². The van der Waals surface area contributed by atoms with Crippen LogP contribution in [0.1, 0.15) is 72.1 Å². The van der Waals surface area contributed by atoms with Gasteiger partial charge in [0.25, 0.3) is 0 Å². The van der Waals surface area contributed by atoms with Crippen LogP contribution in [0.25, 0.3) is 0 Å². The molecular weight excluding hydrogens is 280 g/mol. The predicted octanol–water partition coefficient (Wildman–Crippen LogP) is 5.58. The fraction of sp³-hybridized carbons (Fsp3) is 0.524. The summed E-state index contributed by atoms with van der Waals surface area (Å²) in [5.74, 6) is 6.22. The zero-order valence-corrected chi connectivity index (χ0v) is 15.5. The second kappa shape index (κ2) is 9.30.